The molecule has 0 N–H and O–H groups in total. The molecule has 0 aliphatic heterocycles. The summed E-state index contributed by atoms with van der Waals surface area (Å²) in [5.74, 6) is -1.55. The van der Waals surface area contributed by atoms with Crippen molar-refractivity contribution in [3.63, 3.8) is 0 Å². The molecule has 4 aromatic rings. The third-order valence-corrected chi connectivity index (χ3v) is 7.89. The lowest BCUT2D eigenvalue weighted by Gasteiger charge is -2.15. The Morgan fingerprint density at radius 3 is 2.40 bits per heavy atom. The van der Waals surface area contributed by atoms with Crippen LogP contribution in [0.15, 0.2) is 35.3 Å². The number of fused-ring (bicyclic) bond motifs is 2. The minimum Gasteiger partial charge on any atom is -0.361 e. The molecular formula is C21H20F6N4O2SSi. The second-order valence-corrected chi connectivity index (χ2v) is 15.7. The first-order valence-electron chi connectivity index (χ1n) is 10.4. The quantitative estimate of drug-likeness (QED) is 0.170. The van der Waals surface area contributed by atoms with Crippen LogP contribution in [0.4, 0.5) is 26.3 Å². The summed E-state index contributed by atoms with van der Waals surface area (Å²) in [6, 6.07) is 5.67. The van der Waals surface area contributed by atoms with Crippen molar-refractivity contribution in [2.45, 2.75) is 44.8 Å². The van der Waals surface area contributed by atoms with Gasteiger partial charge in [0.2, 0.25) is 0 Å². The van der Waals surface area contributed by atoms with Crippen molar-refractivity contribution >= 4 is 35.3 Å². The van der Waals surface area contributed by atoms with Crippen LogP contribution < -0.4 is 4.87 Å². The van der Waals surface area contributed by atoms with Gasteiger partial charge >= 0.3 is 17.2 Å². The maximum atomic E-state index is 13.8. The minimum atomic E-state index is -4.93. The van der Waals surface area contributed by atoms with Crippen LogP contribution in [0.25, 0.3) is 27.0 Å². The van der Waals surface area contributed by atoms with Gasteiger partial charge in [-0.15, -0.1) is 5.10 Å². The van der Waals surface area contributed by atoms with E-state index in [1.165, 1.54) is 22.8 Å². The molecule has 0 atom stereocenters. The number of nitrogens with zero attached hydrogens (tertiary/aromatic N) is 4. The third-order valence-electron chi connectivity index (χ3n) is 5.24. The zero-order valence-electron chi connectivity index (χ0n) is 18.8. The van der Waals surface area contributed by atoms with Gasteiger partial charge in [-0.3, -0.25) is 9.36 Å². The van der Waals surface area contributed by atoms with E-state index in [4.69, 9.17) is 4.74 Å². The fraction of sp³-hybridized carbons (Fsp3) is 0.381. The lowest BCUT2D eigenvalue weighted by atomic mass is 10.0. The van der Waals surface area contributed by atoms with Gasteiger partial charge in [0.05, 0.1) is 15.8 Å². The van der Waals surface area contributed by atoms with Crippen molar-refractivity contribution in [1.29, 1.82) is 0 Å². The first-order valence-corrected chi connectivity index (χ1v) is 14.9. The molecule has 188 valence electrons. The molecule has 0 spiro atoms. The van der Waals surface area contributed by atoms with Crippen molar-refractivity contribution in [1.82, 2.24) is 19.2 Å². The Morgan fingerprint density at radius 1 is 1.06 bits per heavy atom. The highest BCUT2D eigenvalue weighted by Crippen LogP contribution is 2.40. The smallest absolute Gasteiger partial charge is 0.361 e. The Bertz CT molecular complexity index is 1450. The molecule has 14 heteroatoms. The normalized spacial score (nSPS) is 13.3. The summed E-state index contributed by atoms with van der Waals surface area (Å²) in [6.07, 6.45) is -9.01. The number of thiazole rings is 1. The SMILES string of the molecule is C[Si](C)(C)CCOCn1c(=O)sc2cc(-c3c(C(F)(F)F)ccn4nc(C(F)(F)F)nc34)ccc21. The Kier molecular flexibility index (Phi) is 6.34. The van der Waals surface area contributed by atoms with E-state index in [0.717, 1.165) is 23.6 Å². The number of aromatic nitrogens is 4. The molecule has 0 saturated heterocycles. The number of rotatable bonds is 6. The molecule has 4 rings (SSSR count). The van der Waals surface area contributed by atoms with E-state index in [9.17, 15) is 31.1 Å². The highest BCUT2D eigenvalue weighted by molar-refractivity contribution is 7.16. The Hall–Kier alpha value is -2.71. The van der Waals surface area contributed by atoms with Crippen molar-refractivity contribution in [3.8, 4) is 11.1 Å². The van der Waals surface area contributed by atoms with Crippen LogP contribution in [0.3, 0.4) is 0 Å². The zero-order chi connectivity index (χ0) is 25.8. The number of halogens is 6. The van der Waals surface area contributed by atoms with Gasteiger partial charge in [-0.1, -0.05) is 37.0 Å². The van der Waals surface area contributed by atoms with Crippen molar-refractivity contribution < 1.29 is 31.1 Å². The van der Waals surface area contributed by atoms with Gasteiger partial charge < -0.3 is 4.74 Å². The van der Waals surface area contributed by atoms with E-state index < -0.39 is 43.0 Å². The summed E-state index contributed by atoms with van der Waals surface area (Å²) in [7, 11) is -1.33. The summed E-state index contributed by atoms with van der Waals surface area (Å²) < 4.78 is 88.8. The topological polar surface area (TPSA) is 61.4 Å². The van der Waals surface area contributed by atoms with Gasteiger partial charge in [-0.2, -0.15) is 26.3 Å². The standard InChI is InChI=1S/C21H20F6N4O2SSi/c1-35(2,3)9-8-33-11-30-14-5-4-12(10-15(14)34-19(30)32)16-13(20(22,23)24)6-7-31-17(16)28-18(29-31)21(25,26)27/h4-7,10H,8-9,11H2,1-3H3. The molecule has 0 aliphatic rings. The number of ether oxygens (including phenoxy) is 1. The second kappa shape index (κ2) is 8.75. The van der Waals surface area contributed by atoms with Gasteiger partial charge in [0, 0.05) is 26.4 Å². The lowest BCUT2D eigenvalue weighted by molar-refractivity contribution is -0.144. The largest absolute Gasteiger partial charge is 0.453 e. The molecular weight excluding hydrogens is 514 g/mol. The monoisotopic (exact) mass is 534 g/mol. The van der Waals surface area contributed by atoms with Crippen LogP contribution in [-0.4, -0.2) is 33.8 Å². The van der Waals surface area contributed by atoms with Crippen molar-refractivity contribution in [2.24, 2.45) is 0 Å². The fourth-order valence-corrected chi connectivity index (χ4v) is 5.14. The van der Waals surface area contributed by atoms with Gasteiger partial charge in [-0.05, 0) is 29.8 Å². The number of alkyl halides is 6. The Balaban J connectivity index is 1.80. The Morgan fingerprint density at radius 2 is 1.77 bits per heavy atom. The number of hydrogen-bond acceptors (Lipinski definition) is 5. The van der Waals surface area contributed by atoms with E-state index in [1.807, 2.05) is 0 Å². The average Bonchev–Trinajstić information content (AvgIpc) is 3.29. The first kappa shape index (κ1) is 25.4. The fourth-order valence-electron chi connectivity index (χ4n) is 3.47. The minimum absolute atomic E-state index is 0.00877. The number of pyridine rings is 1. The molecule has 0 fully saturated rings. The highest BCUT2D eigenvalue weighted by atomic mass is 32.1. The van der Waals surface area contributed by atoms with E-state index in [-0.39, 0.29) is 17.2 Å². The molecule has 3 heterocycles. The van der Waals surface area contributed by atoms with Crippen LogP contribution in [0, 0.1) is 0 Å². The maximum Gasteiger partial charge on any atom is 0.453 e. The van der Waals surface area contributed by atoms with Gasteiger partial charge in [0.1, 0.15) is 6.73 Å². The summed E-state index contributed by atoms with van der Waals surface area (Å²) in [6.45, 7) is 7.03. The molecule has 0 aliphatic carbocycles. The zero-order valence-corrected chi connectivity index (χ0v) is 20.6. The highest BCUT2D eigenvalue weighted by Gasteiger charge is 2.39. The predicted octanol–water partition coefficient (Wildman–Crippen LogP) is 6.12. The lowest BCUT2D eigenvalue weighted by Crippen LogP contribution is -2.23. The molecule has 1 aromatic carbocycles. The van der Waals surface area contributed by atoms with Gasteiger partial charge in [-0.25, -0.2) is 9.50 Å². The summed E-state index contributed by atoms with van der Waals surface area (Å²) in [5.41, 5.74) is -1.89. The van der Waals surface area contributed by atoms with Crippen LogP contribution in [0.1, 0.15) is 11.4 Å². The molecule has 6 nitrogen and oxygen atoms in total. The van der Waals surface area contributed by atoms with E-state index in [2.05, 4.69) is 29.7 Å². The maximum absolute atomic E-state index is 13.8. The molecule has 0 amide bonds. The molecule has 0 saturated carbocycles. The molecule has 0 bridgehead atoms. The van der Waals surface area contributed by atoms with Crippen LogP contribution in [0.5, 0.6) is 0 Å². The van der Waals surface area contributed by atoms with E-state index >= 15 is 0 Å². The van der Waals surface area contributed by atoms with Gasteiger partial charge in [0.15, 0.2) is 5.65 Å². The predicted molar refractivity (Wildman–Crippen MR) is 122 cm³/mol. The van der Waals surface area contributed by atoms with Crippen LogP contribution in [-0.2, 0) is 23.8 Å². The van der Waals surface area contributed by atoms with Crippen molar-refractivity contribution in [3.05, 3.63) is 51.5 Å². The number of benzene rings is 1. The molecule has 0 radical (unpaired) electrons. The third kappa shape index (κ3) is 5.28. The molecule has 35 heavy (non-hydrogen) atoms. The molecule has 0 unspecified atom stereocenters. The summed E-state index contributed by atoms with van der Waals surface area (Å²) in [4.78, 5) is 15.5. The summed E-state index contributed by atoms with van der Waals surface area (Å²) in [5, 5.41) is 3.28. The summed E-state index contributed by atoms with van der Waals surface area (Å²) >= 11 is 0.811. The second-order valence-electron chi connectivity index (χ2n) is 9.13. The first-order chi connectivity index (χ1) is 16.1. The van der Waals surface area contributed by atoms with E-state index in [1.54, 1.807) is 0 Å². The van der Waals surface area contributed by atoms with Crippen LogP contribution >= 0.6 is 11.3 Å². The van der Waals surface area contributed by atoms with Crippen molar-refractivity contribution in [2.75, 3.05) is 6.61 Å². The Labute approximate surface area is 199 Å². The molecule has 3 aromatic heterocycles. The number of hydrogen-bond donors (Lipinski definition) is 0. The van der Waals surface area contributed by atoms with Crippen LogP contribution in [0.2, 0.25) is 25.7 Å². The average molecular weight is 535 g/mol. The van der Waals surface area contributed by atoms with E-state index in [0.29, 0.717) is 27.4 Å². The van der Waals surface area contributed by atoms with Gasteiger partial charge in [0.25, 0.3) is 5.82 Å².